The van der Waals surface area contributed by atoms with E-state index < -0.39 is 0 Å². The number of nitrogens with one attached hydrogen (secondary N) is 2. The van der Waals surface area contributed by atoms with Crippen LogP contribution in [0.5, 0.6) is 0 Å². The van der Waals surface area contributed by atoms with Gasteiger partial charge in [0, 0.05) is 12.6 Å². The molecule has 0 spiro atoms. The average Bonchev–Trinajstić information content (AvgIpc) is 3.13. The minimum atomic E-state index is 0.112. The fourth-order valence-electron chi connectivity index (χ4n) is 1.89. The predicted molar refractivity (Wildman–Crippen MR) is 68.7 cm³/mol. The van der Waals surface area contributed by atoms with Crippen molar-refractivity contribution in [2.24, 2.45) is 0 Å². The standard InChI is InChI=1S/C14H20N2O/c1-2-11-5-3-4-6-12(11)9-15-10-14(17)16-13-7-8-13/h3-6,13,15H,2,7-10H2,1H3,(H,16,17). The molecule has 0 aliphatic heterocycles. The van der Waals surface area contributed by atoms with Gasteiger partial charge in [-0.3, -0.25) is 4.79 Å². The second-order valence-corrected chi connectivity index (χ2v) is 4.57. The fraction of sp³-hybridized carbons (Fsp3) is 0.500. The summed E-state index contributed by atoms with van der Waals surface area (Å²) in [5, 5.41) is 6.16. The molecule has 1 aromatic rings. The summed E-state index contributed by atoms with van der Waals surface area (Å²) in [5.74, 6) is 0.112. The zero-order valence-corrected chi connectivity index (χ0v) is 10.3. The van der Waals surface area contributed by atoms with E-state index >= 15 is 0 Å². The van der Waals surface area contributed by atoms with E-state index in [9.17, 15) is 4.79 Å². The summed E-state index contributed by atoms with van der Waals surface area (Å²) >= 11 is 0. The van der Waals surface area contributed by atoms with Crippen molar-refractivity contribution < 1.29 is 4.79 Å². The van der Waals surface area contributed by atoms with E-state index in [-0.39, 0.29) is 5.91 Å². The van der Waals surface area contributed by atoms with Gasteiger partial charge in [0.1, 0.15) is 0 Å². The first-order valence-electron chi connectivity index (χ1n) is 6.36. The molecule has 0 unspecified atom stereocenters. The van der Waals surface area contributed by atoms with Crippen LogP contribution in [0.15, 0.2) is 24.3 Å². The van der Waals surface area contributed by atoms with Crippen LogP contribution < -0.4 is 10.6 Å². The van der Waals surface area contributed by atoms with E-state index in [4.69, 9.17) is 0 Å². The number of aryl methyl sites for hydroxylation is 1. The average molecular weight is 232 g/mol. The molecule has 2 rings (SSSR count). The highest BCUT2D eigenvalue weighted by molar-refractivity contribution is 5.78. The van der Waals surface area contributed by atoms with E-state index in [1.165, 1.54) is 11.1 Å². The maximum Gasteiger partial charge on any atom is 0.234 e. The lowest BCUT2D eigenvalue weighted by Crippen LogP contribution is -2.34. The van der Waals surface area contributed by atoms with Gasteiger partial charge in [-0.2, -0.15) is 0 Å². The maximum atomic E-state index is 11.5. The van der Waals surface area contributed by atoms with Gasteiger partial charge < -0.3 is 10.6 Å². The number of hydrogen-bond donors (Lipinski definition) is 2. The molecule has 0 aromatic heterocycles. The van der Waals surface area contributed by atoms with E-state index in [0.29, 0.717) is 12.6 Å². The van der Waals surface area contributed by atoms with Crippen LogP contribution in [0.2, 0.25) is 0 Å². The van der Waals surface area contributed by atoms with Crippen molar-refractivity contribution in [3.8, 4) is 0 Å². The first-order chi connectivity index (χ1) is 8.29. The van der Waals surface area contributed by atoms with Gasteiger partial charge in [-0.1, -0.05) is 31.2 Å². The lowest BCUT2D eigenvalue weighted by molar-refractivity contribution is -0.120. The van der Waals surface area contributed by atoms with Crippen molar-refractivity contribution in [1.82, 2.24) is 10.6 Å². The Morgan fingerprint density at radius 3 is 2.65 bits per heavy atom. The number of benzene rings is 1. The zero-order valence-electron chi connectivity index (χ0n) is 10.3. The van der Waals surface area contributed by atoms with Crippen molar-refractivity contribution in [3.05, 3.63) is 35.4 Å². The molecule has 2 N–H and O–H groups in total. The Labute approximate surface area is 103 Å². The first-order valence-corrected chi connectivity index (χ1v) is 6.36. The van der Waals surface area contributed by atoms with Crippen molar-refractivity contribution in [1.29, 1.82) is 0 Å². The van der Waals surface area contributed by atoms with Crippen LogP contribution in [0.1, 0.15) is 30.9 Å². The molecule has 0 radical (unpaired) electrons. The predicted octanol–water partition coefficient (Wildman–Crippen LogP) is 1.62. The van der Waals surface area contributed by atoms with Gasteiger partial charge in [-0.15, -0.1) is 0 Å². The number of rotatable bonds is 6. The molecule has 0 bridgehead atoms. The Morgan fingerprint density at radius 1 is 1.29 bits per heavy atom. The monoisotopic (exact) mass is 232 g/mol. The van der Waals surface area contributed by atoms with Gasteiger partial charge in [0.15, 0.2) is 0 Å². The molecule has 92 valence electrons. The molecule has 0 atom stereocenters. The van der Waals surface area contributed by atoms with Crippen LogP contribution in [0.4, 0.5) is 0 Å². The lowest BCUT2D eigenvalue weighted by Gasteiger charge is -2.09. The smallest absolute Gasteiger partial charge is 0.234 e. The van der Waals surface area contributed by atoms with Crippen LogP contribution in [-0.4, -0.2) is 18.5 Å². The molecule has 3 nitrogen and oxygen atoms in total. The Morgan fingerprint density at radius 2 is 2.00 bits per heavy atom. The summed E-state index contributed by atoms with van der Waals surface area (Å²) in [6.07, 6.45) is 3.32. The highest BCUT2D eigenvalue weighted by Gasteiger charge is 2.22. The van der Waals surface area contributed by atoms with Crippen LogP contribution in [0, 0.1) is 0 Å². The Balaban J connectivity index is 1.74. The number of amides is 1. The molecule has 1 saturated carbocycles. The van der Waals surface area contributed by atoms with Crippen LogP contribution in [0.25, 0.3) is 0 Å². The fourth-order valence-corrected chi connectivity index (χ4v) is 1.89. The van der Waals surface area contributed by atoms with E-state index in [2.05, 4.69) is 35.8 Å². The lowest BCUT2D eigenvalue weighted by atomic mass is 10.1. The zero-order chi connectivity index (χ0) is 12.1. The third-order valence-corrected chi connectivity index (χ3v) is 3.04. The second kappa shape index (κ2) is 5.82. The van der Waals surface area contributed by atoms with Crippen molar-refractivity contribution >= 4 is 5.91 Å². The van der Waals surface area contributed by atoms with Gasteiger partial charge in [0.05, 0.1) is 6.54 Å². The van der Waals surface area contributed by atoms with Gasteiger partial charge in [0.2, 0.25) is 5.91 Å². The van der Waals surface area contributed by atoms with Crippen LogP contribution >= 0.6 is 0 Å². The summed E-state index contributed by atoms with van der Waals surface area (Å²) in [7, 11) is 0. The molecule has 3 heteroatoms. The molecule has 1 aliphatic rings. The molecule has 1 aliphatic carbocycles. The summed E-state index contributed by atoms with van der Waals surface area (Å²) < 4.78 is 0. The maximum absolute atomic E-state index is 11.5. The molecule has 1 aromatic carbocycles. The first kappa shape index (κ1) is 12.1. The molecule has 1 fully saturated rings. The number of hydrogen-bond acceptors (Lipinski definition) is 2. The molecule has 0 heterocycles. The summed E-state index contributed by atoms with van der Waals surface area (Å²) in [6, 6.07) is 8.81. The second-order valence-electron chi connectivity index (χ2n) is 4.57. The highest BCUT2D eigenvalue weighted by atomic mass is 16.2. The number of carbonyl (C=O) groups is 1. The minimum absolute atomic E-state index is 0.112. The number of carbonyl (C=O) groups excluding carboxylic acids is 1. The van der Waals surface area contributed by atoms with Crippen molar-refractivity contribution in [2.45, 2.75) is 38.8 Å². The van der Waals surface area contributed by atoms with E-state index in [1.54, 1.807) is 0 Å². The van der Waals surface area contributed by atoms with Crippen molar-refractivity contribution in [3.63, 3.8) is 0 Å². The topological polar surface area (TPSA) is 41.1 Å². The SMILES string of the molecule is CCc1ccccc1CNCC(=O)NC1CC1. The molecular formula is C14H20N2O. The molecule has 1 amide bonds. The largest absolute Gasteiger partial charge is 0.352 e. The van der Waals surface area contributed by atoms with Gasteiger partial charge in [-0.05, 0) is 30.4 Å². The van der Waals surface area contributed by atoms with Crippen LogP contribution in [0.3, 0.4) is 0 Å². The quantitative estimate of drug-likeness (QED) is 0.782. The molecular weight excluding hydrogens is 212 g/mol. The minimum Gasteiger partial charge on any atom is -0.352 e. The van der Waals surface area contributed by atoms with Gasteiger partial charge >= 0.3 is 0 Å². The Kier molecular flexibility index (Phi) is 4.15. The van der Waals surface area contributed by atoms with E-state index in [1.807, 2.05) is 6.07 Å². The third kappa shape index (κ3) is 3.86. The Hall–Kier alpha value is -1.35. The molecule has 17 heavy (non-hydrogen) atoms. The van der Waals surface area contributed by atoms with Gasteiger partial charge in [0.25, 0.3) is 0 Å². The highest BCUT2D eigenvalue weighted by Crippen LogP contribution is 2.18. The van der Waals surface area contributed by atoms with Crippen molar-refractivity contribution in [2.75, 3.05) is 6.54 Å². The van der Waals surface area contributed by atoms with Gasteiger partial charge in [-0.25, -0.2) is 0 Å². The Bertz CT molecular complexity index is 386. The summed E-state index contributed by atoms with van der Waals surface area (Å²) in [6.45, 7) is 3.33. The normalized spacial score (nSPS) is 14.6. The molecule has 0 saturated heterocycles. The summed E-state index contributed by atoms with van der Waals surface area (Å²) in [4.78, 5) is 11.5. The summed E-state index contributed by atoms with van der Waals surface area (Å²) in [5.41, 5.74) is 2.64. The van der Waals surface area contributed by atoms with Crippen LogP contribution in [-0.2, 0) is 17.8 Å². The third-order valence-electron chi connectivity index (χ3n) is 3.04. The van der Waals surface area contributed by atoms with E-state index in [0.717, 1.165) is 25.8 Å².